The molecular weight excluding hydrogens is 104 g/mol. The van der Waals surface area contributed by atoms with Crippen molar-refractivity contribution in [1.82, 2.24) is 10.6 Å². The van der Waals surface area contributed by atoms with Crippen LogP contribution in [0.2, 0.25) is 0 Å². The third-order valence-electron chi connectivity index (χ3n) is 1.78. The fraction of sp³-hybridized carbons (Fsp3) is 0.800. The molecule has 2 saturated heterocycles. The Bertz CT molecular complexity index is 134. The summed E-state index contributed by atoms with van der Waals surface area (Å²) < 4.78 is 0. The van der Waals surface area contributed by atoms with Gasteiger partial charge in [0.1, 0.15) is 0 Å². The molecule has 2 fully saturated rings. The number of piperidine rings is 1. The zero-order valence-electron chi connectivity index (χ0n) is 4.48. The van der Waals surface area contributed by atoms with Crippen molar-refractivity contribution in [3.63, 3.8) is 0 Å². The van der Waals surface area contributed by atoms with Crippen molar-refractivity contribution < 1.29 is 4.79 Å². The van der Waals surface area contributed by atoms with Crippen molar-refractivity contribution in [1.29, 1.82) is 0 Å². The first-order valence-electron chi connectivity index (χ1n) is 2.93. The van der Waals surface area contributed by atoms with Crippen LogP contribution in [0.3, 0.4) is 0 Å². The van der Waals surface area contributed by atoms with E-state index in [9.17, 15) is 4.79 Å². The highest BCUT2D eigenvalue weighted by molar-refractivity contribution is 5.85. The van der Waals surface area contributed by atoms with Gasteiger partial charge in [-0.1, -0.05) is 0 Å². The van der Waals surface area contributed by atoms with Crippen LogP contribution < -0.4 is 10.6 Å². The predicted molar refractivity (Wildman–Crippen MR) is 28.1 cm³/mol. The first-order chi connectivity index (χ1) is 3.86. The molecule has 0 radical (unpaired) electrons. The summed E-state index contributed by atoms with van der Waals surface area (Å²) in [5.74, 6) is 0.182. The Morgan fingerprint density at radius 2 is 2.38 bits per heavy atom. The van der Waals surface area contributed by atoms with E-state index in [0.717, 1.165) is 12.8 Å². The van der Waals surface area contributed by atoms with Crippen molar-refractivity contribution >= 4 is 5.91 Å². The number of carbonyl (C=O) groups is 1. The topological polar surface area (TPSA) is 41.1 Å². The zero-order chi connectivity index (χ0) is 5.56. The molecule has 0 unspecified atom stereocenters. The lowest BCUT2D eigenvalue weighted by atomic mass is 10.2. The summed E-state index contributed by atoms with van der Waals surface area (Å²) >= 11 is 0. The molecule has 1 amide bonds. The highest BCUT2D eigenvalue weighted by atomic mass is 16.2. The minimum atomic E-state index is 0.139. The molecule has 8 heavy (non-hydrogen) atoms. The molecule has 2 atom stereocenters. The van der Waals surface area contributed by atoms with Crippen molar-refractivity contribution in [3.05, 3.63) is 0 Å². The molecule has 44 valence electrons. The van der Waals surface area contributed by atoms with E-state index < -0.39 is 0 Å². The van der Waals surface area contributed by atoms with Gasteiger partial charge in [-0.05, 0) is 12.8 Å². The van der Waals surface area contributed by atoms with E-state index in [1.54, 1.807) is 0 Å². The van der Waals surface area contributed by atoms with Gasteiger partial charge in [0.05, 0.1) is 12.2 Å². The average molecular weight is 112 g/mol. The molecular formula is C5H8N2O. The van der Waals surface area contributed by atoms with Gasteiger partial charge in [0.2, 0.25) is 5.91 Å². The van der Waals surface area contributed by atoms with Crippen LogP contribution in [0.4, 0.5) is 0 Å². The molecule has 0 aromatic carbocycles. The summed E-state index contributed by atoms with van der Waals surface area (Å²) in [5, 5.41) is 5.92. The standard InChI is InChI=1S/C5H8N2O/c8-5-3-1-2-4(6-3)7-5/h3-4,6H,1-2H2,(H,7,8)/t3-,4+/m0/s1. The Hall–Kier alpha value is -0.570. The Morgan fingerprint density at radius 3 is 2.62 bits per heavy atom. The maximum Gasteiger partial charge on any atom is 0.238 e. The van der Waals surface area contributed by atoms with Crippen molar-refractivity contribution in [3.8, 4) is 0 Å². The van der Waals surface area contributed by atoms with Crippen LogP contribution in [0.15, 0.2) is 0 Å². The van der Waals surface area contributed by atoms with E-state index in [-0.39, 0.29) is 11.9 Å². The largest absolute Gasteiger partial charge is 0.339 e. The van der Waals surface area contributed by atoms with Crippen LogP contribution in [0.1, 0.15) is 12.8 Å². The van der Waals surface area contributed by atoms with Gasteiger partial charge in [-0.2, -0.15) is 0 Å². The second-order valence-electron chi connectivity index (χ2n) is 2.36. The van der Waals surface area contributed by atoms with E-state index in [2.05, 4.69) is 10.6 Å². The smallest absolute Gasteiger partial charge is 0.238 e. The van der Waals surface area contributed by atoms with Gasteiger partial charge < -0.3 is 5.32 Å². The second kappa shape index (κ2) is 1.23. The molecule has 2 bridgehead atoms. The molecule has 0 aromatic heterocycles. The number of nitrogens with one attached hydrogen (secondary N) is 2. The maximum absolute atomic E-state index is 10.7. The molecule has 0 aliphatic carbocycles. The van der Waals surface area contributed by atoms with Crippen LogP contribution in [-0.2, 0) is 4.79 Å². The summed E-state index contributed by atoms with van der Waals surface area (Å²) in [6.45, 7) is 0. The molecule has 3 heteroatoms. The van der Waals surface area contributed by atoms with Crippen molar-refractivity contribution in [2.45, 2.75) is 25.0 Å². The van der Waals surface area contributed by atoms with Gasteiger partial charge in [0, 0.05) is 0 Å². The maximum atomic E-state index is 10.7. The third-order valence-corrected chi connectivity index (χ3v) is 1.78. The number of hydrogen-bond donors (Lipinski definition) is 2. The number of rotatable bonds is 0. The van der Waals surface area contributed by atoms with E-state index in [1.807, 2.05) is 0 Å². The Labute approximate surface area is 47.4 Å². The summed E-state index contributed by atoms with van der Waals surface area (Å²) in [4.78, 5) is 10.7. The van der Waals surface area contributed by atoms with Gasteiger partial charge in [-0.3, -0.25) is 10.1 Å². The molecule has 0 spiro atoms. The van der Waals surface area contributed by atoms with E-state index in [1.165, 1.54) is 0 Å². The summed E-state index contributed by atoms with van der Waals surface area (Å²) in [5.41, 5.74) is 0. The zero-order valence-corrected chi connectivity index (χ0v) is 4.48. The summed E-state index contributed by atoms with van der Waals surface area (Å²) in [6.07, 6.45) is 2.43. The Kier molecular flexibility index (Phi) is 0.663. The third kappa shape index (κ3) is 0.395. The lowest BCUT2D eigenvalue weighted by Crippen LogP contribution is -2.32. The van der Waals surface area contributed by atoms with Crippen LogP contribution in [-0.4, -0.2) is 18.1 Å². The quantitative estimate of drug-likeness (QED) is 0.430. The van der Waals surface area contributed by atoms with Crippen LogP contribution in [0.25, 0.3) is 0 Å². The van der Waals surface area contributed by atoms with Crippen LogP contribution in [0, 0.1) is 0 Å². The normalized spacial score (nSPS) is 42.8. The Balaban J connectivity index is 2.22. The molecule has 2 aliphatic rings. The predicted octanol–water partition coefficient (Wildman–Crippen LogP) is -0.806. The van der Waals surface area contributed by atoms with Gasteiger partial charge in [0.25, 0.3) is 0 Å². The molecule has 2 aliphatic heterocycles. The first kappa shape index (κ1) is 4.32. The molecule has 0 aromatic rings. The average Bonchev–Trinajstić information content (AvgIpc) is 2.23. The molecule has 2 heterocycles. The first-order valence-corrected chi connectivity index (χ1v) is 2.93. The highest BCUT2D eigenvalue weighted by Gasteiger charge is 2.36. The molecule has 2 rings (SSSR count). The summed E-state index contributed by atoms with van der Waals surface area (Å²) in [6, 6.07) is 0.139. The minimum Gasteiger partial charge on any atom is -0.339 e. The number of hydrogen-bond acceptors (Lipinski definition) is 2. The fourth-order valence-corrected chi connectivity index (χ4v) is 1.34. The molecule has 3 nitrogen and oxygen atoms in total. The van der Waals surface area contributed by atoms with E-state index >= 15 is 0 Å². The second-order valence-corrected chi connectivity index (χ2v) is 2.36. The fourth-order valence-electron chi connectivity index (χ4n) is 1.34. The van der Waals surface area contributed by atoms with Crippen LogP contribution in [0.5, 0.6) is 0 Å². The Morgan fingerprint density at radius 1 is 1.50 bits per heavy atom. The SMILES string of the molecule is O=C1N[C@@H]2CC[C@@H]1N2. The lowest BCUT2D eigenvalue weighted by molar-refractivity contribution is -0.121. The monoisotopic (exact) mass is 112 g/mol. The van der Waals surface area contributed by atoms with Gasteiger partial charge in [-0.15, -0.1) is 0 Å². The number of fused-ring (bicyclic) bond motifs is 2. The van der Waals surface area contributed by atoms with Gasteiger partial charge in [0.15, 0.2) is 0 Å². The van der Waals surface area contributed by atoms with Crippen LogP contribution >= 0.6 is 0 Å². The van der Waals surface area contributed by atoms with E-state index in [0.29, 0.717) is 6.17 Å². The molecule has 0 saturated carbocycles. The van der Waals surface area contributed by atoms with Crippen molar-refractivity contribution in [2.75, 3.05) is 0 Å². The summed E-state index contributed by atoms with van der Waals surface area (Å²) in [7, 11) is 0. The molecule has 2 N–H and O–H groups in total. The van der Waals surface area contributed by atoms with E-state index in [4.69, 9.17) is 0 Å². The number of carbonyl (C=O) groups excluding carboxylic acids is 1. The van der Waals surface area contributed by atoms with Crippen molar-refractivity contribution in [2.24, 2.45) is 0 Å². The van der Waals surface area contributed by atoms with Gasteiger partial charge >= 0.3 is 0 Å². The number of amides is 1. The van der Waals surface area contributed by atoms with Gasteiger partial charge in [-0.25, -0.2) is 0 Å². The minimum absolute atomic E-state index is 0.139. The highest BCUT2D eigenvalue weighted by Crippen LogP contribution is 2.16. The lowest BCUT2D eigenvalue weighted by Gasteiger charge is -2.06.